The lowest BCUT2D eigenvalue weighted by Gasteiger charge is -2.09. The SMILES string of the molecule is O=C(Nc1ccc(F)c(NC(=O)c2cc(C3CC3)on2)c1)c1ccc2c(c1)OCO2. The van der Waals surface area contributed by atoms with Crippen molar-refractivity contribution in [2.24, 2.45) is 0 Å². The smallest absolute Gasteiger partial charge is 0.277 e. The Kier molecular flexibility index (Phi) is 4.35. The zero-order valence-electron chi connectivity index (χ0n) is 15.6. The number of nitrogens with one attached hydrogen (secondary N) is 2. The van der Waals surface area contributed by atoms with Gasteiger partial charge in [-0.3, -0.25) is 9.59 Å². The van der Waals surface area contributed by atoms with Crippen LogP contribution in [0.25, 0.3) is 0 Å². The van der Waals surface area contributed by atoms with Gasteiger partial charge < -0.3 is 24.6 Å². The van der Waals surface area contributed by atoms with Crippen molar-refractivity contribution in [1.29, 1.82) is 0 Å². The fraction of sp³-hybridized carbons (Fsp3) is 0.190. The monoisotopic (exact) mass is 409 g/mol. The van der Waals surface area contributed by atoms with Gasteiger partial charge >= 0.3 is 0 Å². The van der Waals surface area contributed by atoms with Crippen molar-refractivity contribution < 1.29 is 28.0 Å². The average Bonchev–Trinajstić information content (AvgIpc) is 3.27. The first kappa shape index (κ1) is 18.2. The van der Waals surface area contributed by atoms with Gasteiger partial charge in [-0.15, -0.1) is 0 Å². The van der Waals surface area contributed by atoms with Gasteiger partial charge in [0, 0.05) is 23.2 Å². The molecule has 0 bridgehead atoms. The van der Waals surface area contributed by atoms with Crippen LogP contribution in [-0.4, -0.2) is 23.8 Å². The van der Waals surface area contributed by atoms with Gasteiger partial charge in [0.1, 0.15) is 11.6 Å². The molecule has 9 heteroatoms. The van der Waals surface area contributed by atoms with Crippen LogP contribution in [0.1, 0.15) is 45.4 Å². The van der Waals surface area contributed by atoms with E-state index in [-0.39, 0.29) is 18.2 Å². The molecule has 1 aliphatic heterocycles. The highest BCUT2D eigenvalue weighted by Crippen LogP contribution is 2.40. The summed E-state index contributed by atoms with van der Waals surface area (Å²) in [6.07, 6.45) is 2.02. The molecule has 1 aliphatic carbocycles. The summed E-state index contributed by atoms with van der Waals surface area (Å²) >= 11 is 0. The Bertz CT molecular complexity index is 1160. The van der Waals surface area contributed by atoms with Crippen molar-refractivity contribution >= 4 is 23.2 Å². The zero-order valence-corrected chi connectivity index (χ0v) is 15.6. The van der Waals surface area contributed by atoms with Crippen molar-refractivity contribution in [3.8, 4) is 11.5 Å². The van der Waals surface area contributed by atoms with E-state index >= 15 is 0 Å². The molecule has 0 spiro atoms. The molecule has 1 fully saturated rings. The van der Waals surface area contributed by atoms with Crippen LogP contribution in [0.2, 0.25) is 0 Å². The number of hydrogen-bond acceptors (Lipinski definition) is 6. The molecule has 0 atom stereocenters. The van der Waals surface area contributed by atoms with E-state index in [4.69, 9.17) is 14.0 Å². The van der Waals surface area contributed by atoms with Crippen molar-refractivity contribution in [3.63, 3.8) is 0 Å². The van der Waals surface area contributed by atoms with E-state index < -0.39 is 17.6 Å². The zero-order chi connectivity index (χ0) is 20.7. The molecule has 5 rings (SSSR count). The minimum absolute atomic E-state index is 0.0751. The third-order valence-electron chi connectivity index (χ3n) is 4.85. The summed E-state index contributed by atoms with van der Waals surface area (Å²) in [4.78, 5) is 24.9. The van der Waals surface area contributed by atoms with Gasteiger partial charge in [-0.1, -0.05) is 5.16 Å². The highest BCUT2D eigenvalue weighted by molar-refractivity contribution is 6.06. The number of nitrogens with zero attached hydrogens (tertiary/aromatic N) is 1. The largest absolute Gasteiger partial charge is 0.454 e. The molecule has 2 aliphatic rings. The van der Waals surface area contributed by atoms with E-state index in [1.807, 2.05) is 0 Å². The van der Waals surface area contributed by atoms with E-state index in [1.54, 1.807) is 24.3 Å². The standard InChI is InChI=1S/C21H16FN3O5/c22-14-5-4-13(23-20(26)12-3-6-17-19(7-12)29-10-28-17)8-15(14)24-21(27)16-9-18(30-25-16)11-1-2-11/h3-9,11H,1-2,10H2,(H,23,26)(H,24,27). The second kappa shape index (κ2) is 7.18. The fourth-order valence-electron chi connectivity index (χ4n) is 3.08. The summed E-state index contributed by atoms with van der Waals surface area (Å²) in [5.41, 5.74) is 0.656. The van der Waals surface area contributed by atoms with Gasteiger partial charge in [-0.05, 0) is 49.2 Å². The second-order valence-electron chi connectivity index (χ2n) is 7.06. The highest BCUT2D eigenvalue weighted by Gasteiger charge is 2.29. The van der Waals surface area contributed by atoms with Gasteiger partial charge in [0.15, 0.2) is 17.2 Å². The Morgan fingerprint density at radius 3 is 2.63 bits per heavy atom. The van der Waals surface area contributed by atoms with Crippen molar-refractivity contribution in [2.75, 3.05) is 17.4 Å². The predicted octanol–water partition coefficient (Wildman–Crippen LogP) is 3.92. The molecule has 2 heterocycles. The topological polar surface area (TPSA) is 103 Å². The molecule has 1 aromatic heterocycles. The quantitative estimate of drug-likeness (QED) is 0.662. The Morgan fingerprint density at radius 2 is 1.80 bits per heavy atom. The average molecular weight is 409 g/mol. The lowest BCUT2D eigenvalue weighted by atomic mass is 10.1. The van der Waals surface area contributed by atoms with E-state index in [2.05, 4.69) is 15.8 Å². The maximum Gasteiger partial charge on any atom is 0.277 e. The van der Waals surface area contributed by atoms with Crippen LogP contribution in [0.3, 0.4) is 0 Å². The van der Waals surface area contributed by atoms with Crippen LogP contribution >= 0.6 is 0 Å². The van der Waals surface area contributed by atoms with Crippen LogP contribution < -0.4 is 20.1 Å². The van der Waals surface area contributed by atoms with E-state index in [9.17, 15) is 14.0 Å². The normalized spacial score (nSPS) is 14.4. The van der Waals surface area contributed by atoms with Gasteiger partial charge in [0.25, 0.3) is 11.8 Å². The number of rotatable bonds is 5. The van der Waals surface area contributed by atoms with Gasteiger partial charge in [-0.25, -0.2) is 4.39 Å². The van der Waals surface area contributed by atoms with E-state index in [0.29, 0.717) is 34.4 Å². The number of amides is 2. The third kappa shape index (κ3) is 3.57. The maximum absolute atomic E-state index is 14.2. The highest BCUT2D eigenvalue weighted by atomic mass is 19.1. The Labute approximate surface area is 170 Å². The minimum atomic E-state index is -0.643. The lowest BCUT2D eigenvalue weighted by Crippen LogP contribution is -2.15. The first-order valence-electron chi connectivity index (χ1n) is 9.35. The van der Waals surface area contributed by atoms with Crippen molar-refractivity contribution in [3.05, 3.63) is 65.3 Å². The summed E-state index contributed by atoms with van der Waals surface area (Å²) in [5.74, 6) is 0.363. The molecule has 2 amide bonds. The number of benzene rings is 2. The summed E-state index contributed by atoms with van der Waals surface area (Å²) in [6, 6.07) is 10.3. The Morgan fingerprint density at radius 1 is 0.967 bits per heavy atom. The van der Waals surface area contributed by atoms with Crippen LogP contribution in [0.5, 0.6) is 11.5 Å². The Balaban J connectivity index is 1.30. The van der Waals surface area contributed by atoms with Crippen LogP contribution in [-0.2, 0) is 0 Å². The second-order valence-corrected chi connectivity index (χ2v) is 7.06. The first-order valence-corrected chi connectivity index (χ1v) is 9.35. The number of carbonyl (C=O) groups excluding carboxylic acids is 2. The molecule has 3 aromatic rings. The summed E-state index contributed by atoms with van der Waals surface area (Å²) in [6.45, 7) is 0.106. The molecule has 1 saturated carbocycles. The minimum Gasteiger partial charge on any atom is -0.454 e. The molecule has 152 valence electrons. The van der Waals surface area contributed by atoms with Gasteiger partial charge in [0.2, 0.25) is 6.79 Å². The summed E-state index contributed by atoms with van der Waals surface area (Å²) < 4.78 is 29.8. The van der Waals surface area contributed by atoms with E-state index in [0.717, 1.165) is 18.9 Å². The number of anilines is 2. The van der Waals surface area contributed by atoms with Crippen LogP contribution in [0.15, 0.2) is 47.0 Å². The van der Waals surface area contributed by atoms with Crippen molar-refractivity contribution in [2.45, 2.75) is 18.8 Å². The molecule has 8 nitrogen and oxygen atoms in total. The summed E-state index contributed by atoms with van der Waals surface area (Å²) in [7, 11) is 0. The lowest BCUT2D eigenvalue weighted by molar-refractivity contribution is 0.101. The number of carbonyl (C=O) groups is 2. The number of fused-ring (bicyclic) bond motifs is 1. The van der Waals surface area contributed by atoms with Crippen LogP contribution in [0.4, 0.5) is 15.8 Å². The van der Waals surface area contributed by atoms with Crippen LogP contribution in [0, 0.1) is 5.82 Å². The maximum atomic E-state index is 14.2. The number of halogens is 1. The molecule has 30 heavy (non-hydrogen) atoms. The number of hydrogen-bond donors (Lipinski definition) is 2. The molecule has 0 saturated heterocycles. The molecule has 2 aromatic carbocycles. The fourth-order valence-corrected chi connectivity index (χ4v) is 3.08. The number of aromatic nitrogens is 1. The molecular formula is C21H16FN3O5. The first-order chi connectivity index (χ1) is 14.6. The summed E-state index contributed by atoms with van der Waals surface area (Å²) in [5, 5.41) is 8.87. The molecular weight excluding hydrogens is 393 g/mol. The predicted molar refractivity (Wildman–Crippen MR) is 103 cm³/mol. The van der Waals surface area contributed by atoms with Gasteiger partial charge in [-0.2, -0.15) is 0 Å². The molecule has 0 radical (unpaired) electrons. The van der Waals surface area contributed by atoms with Crippen molar-refractivity contribution in [1.82, 2.24) is 5.16 Å². The van der Waals surface area contributed by atoms with Gasteiger partial charge in [0.05, 0.1) is 5.69 Å². The Hall–Kier alpha value is -3.88. The molecule has 0 unspecified atom stereocenters. The third-order valence-corrected chi connectivity index (χ3v) is 4.85. The molecule has 2 N–H and O–H groups in total. The van der Waals surface area contributed by atoms with E-state index in [1.165, 1.54) is 12.1 Å². The number of ether oxygens (including phenoxy) is 2.